The van der Waals surface area contributed by atoms with Gasteiger partial charge in [0.25, 0.3) is 10.2 Å². The molecule has 0 aliphatic carbocycles. The van der Waals surface area contributed by atoms with Gasteiger partial charge in [-0.3, -0.25) is 0 Å². The van der Waals surface area contributed by atoms with E-state index in [1.54, 1.807) is 7.11 Å². The third-order valence-electron chi connectivity index (χ3n) is 3.89. The Balaban J connectivity index is 2.04. The lowest BCUT2D eigenvalue weighted by Crippen LogP contribution is -2.48. The first-order valence-corrected chi connectivity index (χ1v) is 9.01. The molecule has 130 valence electrons. The molecule has 0 saturated carbocycles. The Morgan fingerprint density at radius 3 is 2.39 bits per heavy atom. The molecule has 1 saturated heterocycles. The van der Waals surface area contributed by atoms with Crippen LogP contribution in [-0.4, -0.2) is 71.7 Å². The predicted octanol–water partition coefficient (Wildman–Crippen LogP) is 0.465. The molecule has 1 fully saturated rings. The zero-order valence-corrected chi connectivity index (χ0v) is 14.7. The molecular weight excluding hydrogens is 318 g/mol. The van der Waals surface area contributed by atoms with Crippen LogP contribution in [0.2, 0.25) is 0 Å². The average molecular weight is 343 g/mol. The van der Waals surface area contributed by atoms with Crippen LogP contribution in [0.15, 0.2) is 24.3 Å². The van der Waals surface area contributed by atoms with Gasteiger partial charge in [0.2, 0.25) is 0 Å². The lowest BCUT2D eigenvalue weighted by molar-refractivity contribution is 0.0724. The molecule has 0 amide bonds. The lowest BCUT2D eigenvalue weighted by Gasteiger charge is -2.29. The van der Waals surface area contributed by atoms with Gasteiger partial charge in [-0.25, -0.2) is 4.72 Å². The van der Waals surface area contributed by atoms with Crippen molar-refractivity contribution in [1.29, 1.82) is 0 Å². The van der Waals surface area contributed by atoms with Gasteiger partial charge in [0.05, 0.1) is 20.3 Å². The molecule has 1 aliphatic rings. The van der Waals surface area contributed by atoms with Crippen LogP contribution in [0, 0.1) is 0 Å². The highest BCUT2D eigenvalue weighted by Crippen LogP contribution is 2.21. The van der Waals surface area contributed by atoms with Crippen molar-refractivity contribution in [2.75, 3.05) is 54.1 Å². The maximum Gasteiger partial charge on any atom is 0.279 e. The second kappa shape index (κ2) is 8.07. The summed E-state index contributed by atoms with van der Waals surface area (Å²) in [6, 6.07) is 7.60. The van der Waals surface area contributed by atoms with Gasteiger partial charge in [0.15, 0.2) is 0 Å². The second-order valence-electron chi connectivity index (χ2n) is 5.62. The van der Waals surface area contributed by atoms with Crippen LogP contribution in [0.25, 0.3) is 0 Å². The van der Waals surface area contributed by atoms with Gasteiger partial charge in [-0.15, -0.1) is 0 Å². The van der Waals surface area contributed by atoms with Crippen molar-refractivity contribution in [1.82, 2.24) is 13.9 Å². The van der Waals surface area contributed by atoms with Gasteiger partial charge < -0.3 is 14.4 Å². The summed E-state index contributed by atoms with van der Waals surface area (Å²) in [7, 11) is 2.00. The molecule has 0 bridgehead atoms. The van der Waals surface area contributed by atoms with Gasteiger partial charge in [0.1, 0.15) is 5.75 Å². The summed E-state index contributed by atoms with van der Waals surface area (Å²) in [6.07, 6.45) is 0. The molecule has 0 radical (unpaired) electrons. The summed E-state index contributed by atoms with van der Waals surface area (Å²) < 4.78 is 39.2. The molecule has 8 heteroatoms. The van der Waals surface area contributed by atoms with E-state index in [9.17, 15) is 8.42 Å². The third kappa shape index (κ3) is 4.89. The summed E-state index contributed by atoms with van der Waals surface area (Å²) in [5.74, 6) is 0.778. The largest absolute Gasteiger partial charge is 0.497 e. The Kier molecular flexibility index (Phi) is 6.37. The molecule has 0 unspecified atom stereocenters. The molecule has 1 atom stereocenters. The van der Waals surface area contributed by atoms with E-state index in [0.29, 0.717) is 32.8 Å². The minimum absolute atomic E-state index is 0.0586. The summed E-state index contributed by atoms with van der Waals surface area (Å²) in [5, 5.41) is 0. The summed E-state index contributed by atoms with van der Waals surface area (Å²) in [4.78, 5) is 1.99. The number of likely N-dealkylation sites (N-methyl/N-ethyl adjacent to an activating group) is 1. The van der Waals surface area contributed by atoms with E-state index < -0.39 is 10.2 Å². The number of rotatable bonds is 7. The topological polar surface area (TPSA) is 71.1 Å². The zero-order chi connectivity index (χ0) is 16.9. The van der Waals surface area contributed by atoms with Gasteiger partial charge in [-0.1, -0.05) is 12.1 Å². The Morgan fingerprint density at radius 2 is 1.87 bits per heavy atom. The fourth-order valence-electron chi connectivity index (χ4n) is 2.49. The number of nitrogens with one attached hydrogen (secondary N) is 1. The predicted molar refractivity (Wildman–Crippen MR) is 88.7 cm³/mol. The molecule has 1 aromatic carbocycles. The van der Waals surface area contributed by atoms with Crippen LogP contribution in [0.4, 0.5) is 0 Å². The highest BCUT2D eigenvalue weighted by Gasteiger charge is 2.25. The maximum atomic E-state index is 12.4. The van der Waals surface area contributed by atoms with Crippen molar-refractivity contribution in [2.24, 2.45) is 0 Å². The first kappa shape index (κ1) is 18.2. The normalized spacial score (nSPS) is 18.1. The molecule has 1 aromatic rings. The minimum Gasteiger partial charge on any atom is -0.497 e. The highest BCUT2D eigenvalue weighted by molar-refractivity contribution is 7.87. The second-order valence-corrected chi connectivity index (χ2v) is 7.37. The van der Waals surface area contributed by atoms with Crippen LogP contribution in [0.3, 0.4) is 0 Å². The first-order valence-electron chi connectivity index (χ1n) is 7.57. The third-order valence-corrected chi connectivity index (χ3v) is 5.47. The van der Waals surface area contributed by atoms with Gasteiger partial charge in [-0.2, -0.15) is 12.7 Å². The molecule has 0 aromatic heterocycles. The first-order chi connectivity index (χ1) is 10.9. The number of methoxy groups -OCH3 is 1. The SMILES string of the molecule is COc1ccc([C@@H](CNS(=O)(=O)N2CCOCC2)N(C)C)cc1. The van der Waals surface area contributed by atoms with E-state index in [2.05, 4.69) is 4.72 Å². The van der Waals surface area contributed by atoms with E-state index in [-0.39, 0.29) is 6.04 Å². The van der Waals surface area contributed by atoms with E-state index >= 15 is 0 Å². The van der Waals surface area contributed by atoms with Crippen molar-refractivity contribution < 1.29 is 17.9 Å². The van der Waals surface area contributed by atoms with E-state index in [4.69, 9.17) is 9.47 Å². The maximum absolute atomic E-state index is 12.4. The van der Waals surface area contributed by atoms with Gasteiger partial charge in [-0.05, 0) is 31.8 Å². The van der Waals surface area contributed by atoms with Crippen LogP contribution < -0.4 is 9.46 Å². The van der Waals surface area contributed by atoms with Crippen molar-refractivity contribution in [3.05, 3.63) is 29.8 Å². The van der Waals surface area contributed by atoms with Crippen molar-refractivity contribution in [2.45, 2.75) is 6.04 Å². The Hall–Kier alpha value is -1.19. The van der Waals surface area contributed by atoms with E-state index in [1.807, 2.05) is 43.3 Å². The number of morpholine rings is 1. The van der Waals surface area contributed by atoms with Crippen LogP contribution >= 0.6 is 0 Å². The highest BCUT2D eigenvalue weighted by atomic mass is 32.2. The molecule has 23 heavy (non-hydrogen) atoms. The van der Waals surface area contributed by atoms with Crippen molar-refractivity contribution >= 4 is 10.2 Å². The molecule has 1 N–H and O–H groups in total. The fraction of sp³-hybridized carbons (Fsp3) is 0.600. The number of ether oxygens (including phenoxy) is 2. The fourth-order valence-corrected chi connectivity index (χ4v) is 3.67. The molecule has 1 aliphatic heterocycles. The molecule has 2 rings (SSSR count). The smallest absolute Gasteiger partial charge is 0.279 e. The zero-order valence-electron chi connectivity index (χ0n) is 13.9. The molecule has 1 heterocycles. The van der Waals surface area contributed by atoms with E-state index in [0.717, 1.165) is 11.3 Å². The standard InChI is InChI=1S/C15H25N3O4S/c1-17(2)15(13-4-6-14(21-3)7-5-13)12-16-23(19,20)18-8-10-22-11-9-18/h4-7,15-16H,8-12H2,1-3H3/t15-/m1/s1. The number of hydrogen-bond donors (Lipinski definition) is 1. The Labute approximate surface area is 138 Å². The van der Waals surface area contributed by atoms with Gasteiger partial charge >= 0.3 is 0 Å². The van der Waals surface area contributed by atoms with Crippen molar-refractivity contribution in [3.8, 4) is 5.75 Å². The Morgan fingerprint density at radius 1 is 1.26 bits per heavy atom. The molecular formula is C15H25N3O4S. The molecule has 0 spiro atoms. The summed E-state index contributed by atoms with van der Waals surface area (Å²) in [6.45, 7) is 1.97. The number of benzene rings is 1. The van der Waals surface area contributed by atoms with Crippen molar-refractivity contribution in [3.63, 3.8) is 0 Å². The average Bonchev–Trinajstić information content (AvgIpc) is 2.56. The van der Waals surface area contributed by atoms with Crippen LogP contribution in [0.1, 0.15) is 11.6 Å². The van der Waals surface area contributed by atoms with Crippen LogP contribution in [0.5, 0.6) is 5.75 Å². The summed E-state index contributed by atoms with van der Waals surface area (Å²) >= 11 is 0. The monoisotopic (exact) mass is 343 g/mol. The summed E-state index contributed by atoms with van der Waals surface area (Å²) in [5.41, 5.74) is 1.03. The minimum atomic E-state index is -3.48. The number of nitrogens with zero attached hydrogens (tertiary/aromatic N) is 2. The van der Waals surface area contributed by atoms with E-state index in [1.165, 1.54) is 4.31 Å². The Bertz CT molecular complexity index is 583. The van der Waals surface area contributed by atoms with Gasteiger partial charge in [0, 0.05) is 25.7 Å². The lowest BCUT2D eigenvalue weighted by atomic mass is 10.1. The van der Waals surface area contributed by atoms with Crippen LogP contribution in [-0.2, 0) is 14.9 Å². The quantitative estimate of drug-likeness (QED) is 0.779. The number of hydrogen-bond acceptors (Lipinski definition) is 5. The molecule has 7 nitrogen and oxygen atoms in total.